The van der Waals surface area contributed by atoms with Crippen molar-refractivity contribution in [2.75, 3.05) is 6.61 Å². The van der Waals surface area contributed by atoms with Gasteiger partial charge in [0.2, 0.25) is 0 Å². The lowest BCUT2D eigenvalue weighted by molar-refractivity contribution is -0.0630. The monoisotopic (exact) mass is 138 g/mol. The summed E-state index contributed by atoms with van der Waals surface area (Å²) < 4.78 is 5.50. The van der Waals surface area contributed by atoms with Crippen molar-refractivity contribution >= 4 is 0 Å². The van der Waals surface area contributed by atoms with Crippen LogP contribution in [-0.2, 0) is 4.74 Å². The maximum Gasteiger partial charge on any atom is 0.0638 e. The Morgan fingerprint density at radius 3 is 2.70 bits per heavy atom. The molecule has 56 valence electrons. The molecule has 0 amide bonds. The minimum atomic E-state index is 0.00921. The summed E-state index contributed by atoms with van der Waals surface area (Å²) in [6.45, 7) is 5.01. The molecule has 0 bridgehead atoms. The number of rotatable bonds is 0. The largest absolute Gasteiger partial charge is 0.375 e. The first kappa shape index (κ1) is 7.63. The van der Waals surface area contributed by atoms with Crippen LogP contribution in [0, 0.1) is 18.3 Å². The van der Waals surface area contributed by atoms with Crippen molar-refractivity contribution in [3.8, 4) is 12.3 Å². The van der Waals surface area contributed by atoms with Crippen molar-refractivity contribution in [2.24, 2.45) is 5.92 Å². The molecule has 1 atom stereocenters. The van der Waals surface area contributed by atoms with E-state index in [9.17, 15) is 0 Å². The first-order chi connectivity index (χ1) is 4.64. The van der Waals surface area contributed by atoms with Crippen LogP contribution in [0.15, 0.2) is 0 Å². The highest BCUT2D eigenvalue weighted by Gasteiger charge is 2.27. The van der Waals surface area contributed by atoms with Crippen molar-refractivity contribution < 1.29 is 4.74 Å². The van der Waals surface area contributed by atoms with Gasteiger partial charge in [-0.2, -0.15) is 0 Å². The molecule has 0 N–H and O–H groups in total. The fourth-order valence-electron chi connectivity index (χ4n) is 1.37. The van der Waals surface area contributed by atoms with Crippen LogP contribution >= 0.6 is 0 Å². The predicted octanol–water partition coefficient (Wildman–Crippen LogP) is 1.82. The highest BCUT2D eigenvalue weighted by atomic mass is 16.5. The van der Waals surface area contributed by atoms with E-state index in [1.54, 1.807) is 0 Å². The van der Waals surface area contributed by atoms with Gasteiger partial charge >= 0.3 is 0 Å². The van der Waals surface area contributed by atoms with E-state index in [0.717, 1.165) is 19.4 Å². The Hall–Kier alpha value is -0.480. The predicted molar refractivity (Wildman–Crippen MR) is 41.6 cm³/mol. The van der Waals surface area contributed by atoms with Crippen LogP contribution in [0.2, 0.25) is 0 Å². The summed E-state index contributed by atoms with van der Waals surface area (Å²) >= 11 is 0. The second-order valence-electron chi connectivity index (χ2n) is 3.46. The van der Waals surface area contributed by atoms with E-state index >= 15 is 0 Å². The van der Waals surface area contributed by atoms with Crippen molar-refractivity contribution in [1.29, 1.82) is 0 Å². The van der Waals surface area contributed by atoms with Gasteiger partial charge in [-0.1, -0.05) is 0 Å². The summed E-state index contributed by atoms with van der Waals surface area (Å²) in [6.07, 6.45) is 7.35. The Bertz CT molecular complexity index is 153. The number of hydrogen-bond acceptors (Lipinski definition) is 1. The summed E-state index contributed by atoms with van der Waals surface area (Å²) in [6, 6.07) is 0. The molecule has 1 heterocycles. The van der Waals surface area contributed by atoms with Crippen LogP contribution in [0.3, 0.4) is 0 Å². The van der Waals surface area contributed by atoms with Crippen LogP contribution in [-0.4, -0.2) is 12.2 Å². The molecule has 1 saturated heterocycles. The summed E-state index contributed by atoms with van der Waals surface area (Å²) in [7, 11) is 0. The molecule has 1 fully saturated rings. The molecule has 0 aliphatic carbocycles. The molecule has 0 aromatic heterocycles. The van der Waals surface area contributed by atoms with Crippen molar-refractivity contribution in [1.82, 2.24) is 0 Å². The molecule has 1 unspecified atom stereocenters. The third kappa shape index (κ3) is 1.75. The van der Waals surface area contributed by atoms with E-state index in [1.165, 1.54) is 0 Å². The Balaban J connectivity index is 2.49. The lowest BCUT2D eigenvalue weighted by Crippen LogP contribution is -2.33. The van der Waals surface area contributed by atoms with Gasteiger partial charge in [0.05, 0.1) is 5.60 Å². The van der Waals surface area contributed by atoms with Crippen LogP contribution in [0.4, 0.5) is 0 Å². The second-order valence-corrected chi connectivity index (χ2v) is 3.46. The summed E-state index contributed by atoms with van der Waals surface area (Å²) in [4.78, 5) is 0. The summed E-state index contributed by atoms with van der Waals surface area (Å²) in [5.74, 6) is 3.21. The molecule has 0 spiro atoms. The third-order valence-corrected chi connectivity index (χ3v) is 1.93. The topological polar surface area (TPSA) is 9.23 Å². The number of terminal acetylenes is 1. The van der Waals surface area contributed by atoms with Gasteiger partial charge in [-0.25, -0.2) is 0 Å². The molecule has 0 saturated carbocycles. The first-order valence-corrected chi connectivity index (χ1v) is 3.74. The summed E-state index contributed by atoms with van der Waals surface area (Å²) in [5.41, 5.74) is 0.00921. The smallest absolute Gasteiger partial charge is 0.0638 e. The van der Waals surface area contributed by atoms with Crippen molar-refractivity contribution in [3.05, 3.63) is 0 Å². The summed E-state index contributed by atoms with van der Waals surface area (Å²) in [5, 5.41) is 0. The van der Waals surface area contributed by atoms with E-state index in [2.05, 4.69) is 19.8 Å². The highest BCUT2D eigenvalue weighted by Crippen LogP contribution is 2.27. The lowest BCUT2D eigenvalue weighted by atomic mass is 9.89. The molecule has 1 aliphatic heterocycles. The van der Waals surface area contributed by atoms with Gasteiger partial charge in [-0.05, 0) is 26.7 Å². The molecule has 1 aliphatic rings. The average molecular weight is 138 g/mol. The molecule has 0 aromatic rings. The first-order valence-electron chi connectivity index (χ1n) is 3.74. The molecular weight excluding hydrogens is 124 g/mol. The van der Waals surface area contributed by atoms with Crippen molar-refractivity contribution in [2.45, 2.75) is 32.3 Å². The van der Waals surface area contributed by atoms with Crippen LogP contribution in [0.25, 0.3) is 0 Å². The molecule has 1 rings (SSSR count). The Kier molecular flexibility index (Phi) is 2.01. The van der Waals surface area contributed by atoms with Crippen molar-refractivity contribution in [3.63, 3.8) is 0 Å². The van der Waals surface area contributed by atoms with Gasteiger partial charge in [0.15, 0.2) is 0 Å². The zero-order valence-corrected chi connectivity index (χ0v) is 6.68. The van der Waals surface area contributed by atoms with Gasteiger partial charge in [0, 0.05) is 12.5 Å². The maximum absolute atomic E-state index is 5.50. The van der Waals surface area contributed by atoms with Crippen LogP contribution in [0.5, 0.6) is 0 Å². The molecule has 0 aromatic carbocycles. The minimum Gasteiger partial charge on any atom is -0.375 e. The average Bonchev–Trinajstić information content (AvgIpc) is 1.86. The fraction of sp³-hybridized carbons (Fsp3) is 0.778. The Morgan fingerprint density at radius 2 is 2.30 bits per heavy atom. The fourth-order valence-corrected chi connectivity index (χ4v) is 1.37. The maximum atomic E-state index is 5.50. The van der Waals surface area contributed by atoms with Gasteiger partial charge in [0.1, 0.15) is 0 Å². The third-order valence-electron chi connectivity index (χ3n) is 1.93. The second kappa shape index (κ2) is 2.64. The molecular formula is C9H14O. The SMILES string of the molecule is C#CC1CCOC(C)(C)C1. The molecule has 10 heavy (non-hydrogen) atoms. The minimum absolute atomic E-state index is 0.00921. The normalized spacial score (nSPS) is 31.1. The van der Waals surface area contributed by atoms with E-state index in [1.807, 2.05) is 0 Å². The van der Waals surface area contributed by atoms with E-state index in [4.69, 9.17) is 11.2 Å². The zero-order valence-electron chi connectivity index (χ0n) is 6.68. The Labute approximate surface area is 62.8 Å². The number of hydrogen-bond donors (Lipinski definition) is 0. The lowest BCUT2D eigenvalue weighted by Gasteiger charge is -2.33. The quantitative estimate of drug-likeness (QED) is 0.464. The highest BCUT2D eigenvalue weighted by molar-refractivity contribution is 4.97. The van der Waals surface area contributed by atoms with E-state index < -0.39 is 0 Å². The molecule has 1 nitrogen and oxygen atoms in total. The number of ether oxygens (including phenoxy) is 1. The van der Waals surface area contributed by atoms with E-state index in [-0.39, 0.29) is 5.60 Å². The zero-order chi connectivity index (χ0) is 7.61. The van der Waals surface area contributed by atoms with E-state index in [0.29, 0.717) is 5.92 Å². The van der Waals surface area contributed by atoms with Crippen LogP contribution < -0.4 is 0 Å². The van der Waals surface area contributed by atoms with Gasteiger partial charge in [-0.15, -0.1) is 12.3 Å². The standard InChI is InChI=1S/C9H14O/c1-4-8-5-6-10-9(2,3)7-8/h1,8H,5-7H2,2-3H3. The molecule has 0 radical (unpaired) electrons. The van der Waals surface area contributed by atoms with Gasteiger partial charge < -0.3 is 4.74 Å². The van der Waals surface area contributed by atoms with Gasteiger partial charge in [-0.3, -0.25) is 0 Å². The van der Waals surface area contributed by atoms with Crippen LogP contribution in [0.1, 0.15) is 26.7 Å². The Morgan fingerprint density at radius 1 is 1.60 bits per heavy atom. The van der Waals surface area contributed by atoms with Gasteiger partial charge in [0.25, 0.3) is 0 Å². The molecule has 1 heteroatoms.